The molecular formula is C19H24BrNO8S. The lowest BCUT2D eigenvalue weighted by Crippen LogP contribution is -2.46. The molecule has 166 valence electrons. The van der Waals surface area contributed by atoms with Crippen molar-refractivity contribution in [1.29, 1.82) is 0 Å². The number of anilines is 1. The van der Waals surface area contributed by atoms with Crippen LogP contribution in [0.4, 0.5) is 5.69 Å². The summed E-state index contributed by atoms with van der Waals surface area (Å²) in [4.78, 5) is 11.9. The molecule has 0 bridgehead atoms. The van der Waals surface area contributed by atoms with Crippen molar-refractivity contribution in [3.8, 4) is 0 Å². The largest absolute Gasteiger partial charge is 0.478 e. The number of rotatable bonds is 7. The number of para-hydroxylation sites is 1. The number of carboxylic acid groups (broad SMARTS) is 1. The molecular weight excluding hydrogens is 482 g/mol. The third-order valence-corrected chi connectivity index (χ3v) is 8.00. The second-order valence-electron chi connectivity index (χ2n) is 7.34. The lowest BCUT2D eigenvalue weighted by Gasteiger charge is -2.34. The summed E-state index contributed by atoms with van der Waals surface area (Å²) in [6.45, 7) is 0.885. The number of benzene rings is 1. The molecule has 0 aromatic heterocycles. The van der Waals surface area contributed by atoms with Gasteiger partial charge in [0.25, 0.3) is 0 Å². The molecule has 1 fully saturated rings. The Morgan fingerprint density at radius 2 is 2.03 bits per heavy atom. The Labute approximate surface area is 182 Å². The number of aliphatic carboxylic acids is 1. The molecule has 0 saturated carbocycles. The van der Waals surface area contributed by atoms with Crippen LogP contribution in [0.5, 0.6) is 0 Å². The van der Waals surface area contributed by atoms with E-state index in [-0.39, 0.29) is 18.4 Å². The van der Waals surface area contributed by atoms with E-state index in [1.807, 2.05) is 0 Å². The van der Waals surface area contributed by atoms with Crippen LogP contribution in [0, 0.1) is 0 Å². The Morgan fingerprint density at radius 1 is 1.33 bits per heavy atom. The maximum atomic E-state index is 13.0. The van der Waals surface area contributed by atoms with Gasteiger partial charge < -0.3 is 24.8 Å². The molecule has 1 spiro atoms. The first-order chi connectivity index (χ1) is 14.1. The molecule has 3 rings (SSSR count). The predicted molar refractivity (Wildman–Crippen MR) is 111 cm³/mol. The van der Waals surface area contributed by atoms with E-state index in [1.165, 1.54) is 0 Å². The average Bonchev–Trinajstić information content (AvgIpc) is 3.03. The zero-order valence-corrected chi connectivity index (χ0v) is 18.6. The summed E-state index contributed by atoms with van der Waals surface area (Å²) < 4.78 is 40.7. The second-order valence-corrected chi connectivity index (χ2v) is 10.1. The number of aliphatic hydroxyl groups excluding tert-OH is 2. The first kappa shape index (κ1) is 23.2. The molecule has 11 heteroatoms. The average molecular weight is 506 g/mol. The Bertz CT molecular complexity index is 946. The van der Waals surface area contributed by atoms with Crippen molar-refractivity contribution in [3.05, 3.63) is 40.4 Å². The molecule has 2 unspecified atom stereocenters. The van der Waals surface area contributed by atoms with Gasteiger partial charge in [0.2, 0.25) is 10.0 Å². The Kier molecular flexibility index (Phi) is 6.61. The molecule has 0 radical (unpaired) electrons. The fourth-order valence-electron chi connectivity index (χ4n) is 3.88. The van der Waals surface area contributed by atoms with Crippen molar-refractivity contribution in [2.75, 3.05) is 17.9 Å². The van der Waals surface area contributed by atoms with Crippen LogP contribution in [-0.2, 0) is 24.3 Å². The maximum Gasteiger partial charge on any atom is 0.332 e. The van der Waals surface area contributed by atoms with Crippen LogP contribution in [0.2, 0.25) is 0 Å². The first-order valence-electron chi connectivity index (χ1n) is 9.44. The third-order valence-electron chi connectivity index (χ3n) is 5.56. The van der Waals surface area contributed by atoms with Gasteiger partial charge in [0.1, 0.15) is 17.0 Å². The van der Waals surface area contributed by atoms with Crippen molar-refractivity contribution < 1.29 is 38.0 Å². The number of hydrogen-bond donors (Lipinski definition) is 4. The molecule has 30 heavy (non-hydrogen) atoms. The first-order valence-corrected chi connectivity index (χ1v) is 11.8. The predicted octanol–water partition coefficient (Wildman–Crippen LogP) is 1.61. The summed E-state index contributed by atoms with van der Waals surface area (Å²) >= 11 is 3.26. The van der Waals surface area contributed by atoms with E-state index in [1.54, 1.807) is 31.2 Å². The van der Waals surface area contributed by atoms with Crippen LogP contribution in [0.25, 0.3) is 0 Å². The highest BCUT2D eigenvalue weighted by molar-refractivity contribution is 9.10. The molecule has 9 nitrogen and oxygen atoms in total. The highest BCUT2D eigenvalue weighted by Gasteiger charge is 2.57. The van der Waals surface area contributed by atoms with Crippen molar-refractivity contribution in [1.82, 2.24) is 0 Å². The minimum absolute atomic E-state index is 0.0452. The quantitative estimate of drug-likeness (QED) is 0.437. The Hall–Kier alpha value is -1.50. The topological polar surface area (TPSA) is 142 Å². The number of sulfonamides is 1. The lowest BCUT2D eigenvalue weighted by atomic mass is 9.93. The van der Waals surface area contributed by atoms with E-state index in [0.29, 0.717) is 16.6 Å². The maximum absolute atomic E-state index is 13.0. The van der Waals surface area contributed by atoms with Crippen molar-refractivity contribution in [2.45, 2.75) is 48.9 Å². The molecule has 1 aromatic carbocycles. The van der Waals surface area contributed by atoms with Crippen LogP contribution < -0.4 is 4.72 Å². The number of hydrogen-bond acceptors (Lipinski definition) is 7. The highest BCUT2D eigenvalue weighted by Crippen LogP contribution is 2.46. The molecule has 4 atom stereocenters. The van der Waals surface area contributed by atoms with Crippen LogP contribution >= 0.6 is 15.9 Å². The molecule has 2 aliphatic rings. The summed E-state index contributed by atoms with van der Waals surface area (Å²) in [5, 5.41) is 27.9. The van der Waals surface area contributed by atoms with Gasteiger partial charge in [-0.05, 0) is 47.0 Å². The minimum atomic E-state index is -4.10. The zero-order chi connectivity index (χ0) is 22.2. The van der Waals surface area contributed by atoms with Gasteiger partial charge in [-0.1, -0.05) is 19.1 Å². The van der Waals surface area contributed by atoms with Crippen LogP contribution in [0.3, 0.4) is 0 Å². The van der Waals surface area contributed by atoms with Crippen LogP contribution in [0.15, 0.2) is 40.4 Å². The van der Waals surface area contributed by atoms with Gasteiger partial charge in [-0.2, -0.15) is 0 Å². The number of carboxylic acids is 1. The second kappa shape index (κ2) is 8.56. The van der Waals surface area contributed by atoms with Crippen molar-refractivity contribution in [2.24, 2.45) is 0 Å². The number of ether oxygens (including phenoxy) is 2. The van der Waals surface area contributed by atoms with Gasteiger partial charge in [-0.25, -0.2) is 13.2 Å². The summed E-state index contributed by atoms with van der Waals surface area (Å²) in [6, 6.07) is 6.60. The Balaban J connectivity index is 1.96. The SMILES string of the molecule is CC[C@]1(CO)OC2(C=C(C(=O)O)C(S(=O)(=O)Nc3ccccc3Br)CC2)O[C@@H]1CO. The number of nitrogens with one attached hydrogen (secondary N) is 1. The number of aliphatic hydroxyl groups is 2. The van der Waals surface area contributed by atoms with Crippen LogP contribution in [-0.4, -0.2) is 65.7 Å². The smallest absolute Gasteiger partial charge is 0.332 e. The van der Waals surface area contributed by atoms with Gasteiger partial charge in [0.05, 0.1) is 24.5 Å². The summed E-state index contributed by atoms with van der Waals surface area (Å²) in [5.74, 6) is -2.94. The van der Waals surface area contributed by atoms with Gasteiger partial charge in [-0.15, -0.1) is 0 Å². The van der Waals surface area contributed by atoms with E-state index in [2.05, 4.69) is 20.7 Å². The highest BCUT2D eigenvalue weighted by atomic mass is 79.9. The summed E-state index contributed by atoms with van der Waals surface area (Å²) in [7, 11) is -4.10. The van der Waals surface area contributed by atoms with E-state index in [4.69, 9.17) is 9.47 Å². The monoisotopic (exact) mass is 505 g/mol. The van der Waals surface area contributed by atoms with E-state index >= 15 is 0 Å². The van der Waals surface area contributed by atoms with E-state index < -0.39 is 51.9 Å². The van der Waals surface area contributed by atoms with Crippen molar-refractivity contribution in [3.63, 3.8) is 0 Å². The summed E-state index contributed by atoms with van der Waals surface area (Å²) in [5.41, 5.74) is -1.29. The molecule has 1 aromatic rings. The lowest BCUT2D eigenvalue weighted by molar-refractivity contribution is -0.171. The van der Waals surface area contributed by atoms with E-state index in [9.17, 15) is 28.5 Å². The molecule has 1 saturated heterocycles. The van der Waals surface area contributed by atoms with Crippen molar-refractivity contribution >= 4 is 37.6 Å². The van der Waals surface area contributed by atoms with Gasteiger partial charge in [0.15, 0.2) is 5.79 Å². The molecule has 0 amide bonds. The fraction of sp³-hybridized carbons (Fsp3) is 0.526. The fourth-order valence-corrected chi connectivity index (χ4v) is 5.96. The molecule has 1 aliphatic heterocycles. The normalized spacial score (nSPS) is 31.5. The zero-order valence-electron chi connectivity index (χ0n) is 16.2. The minimum Gasteiger partial charge on any atom is -0.478 e. The molecule has 1 heterocycles. The number of halogens is 1. The van der Waals surface area contributed by atoms with Gasteiger partial charge in [0, 0.05) is 10.9 Å². The van der Waals surface area contributed by atoms with E-state index in [0.717, 1.165) is 6.08 Å². The summed E-state index contributed by atoms with van der Waals surface area (Å²) in [6.07, 6.45) is 0.562. The molecule has 4 N–H and O–H groups in total. The van der Waals surface area contributed by atoms with Gasteiger partial charge >= 0.3 is 5.97 Å². The third kappa shape index (κ3) is 4.14. The standard InChI is InChI=1S/C19H24BrNO8S/c1-2-18(11-23)16(10-22)28-19(29-18)8-7-15(12(9-19)17(24)25)30(26,27)21-14-6-4-3-5-13(14)20/h3-6,9,15-16,21-23H,2,7-8,10-11H2,1H3,(H,24,25)/t15?,16-,18-,19?/m1/s1. The van der Waals surface area contributed by atoms with Crippen LogP contribution in [0.1, 0.15) is 26.2 Å². The Morgan fingerprint density at radius 3 is 2.57 bits per heavy atom. The van der Waals surface area contributed by atoms with Gasteiger partial charge in [-0.3, -0.25) is 4.72 Å². The number of carbonyl (C=O) groups is 1. The molecule has 1 aliphatic carbocycles.